The molecule has 0 saturated carbocycles. The summed E-state index contributed by atoms with van der Waals surface area (Å²) in [7, 11) is 1.77. The molecule has 0 saturated heterocycles. The van der Waals surface area contributed by atoms with Crippen molar-refractivity contribution in [2.45, 2.75) is 65.6 Å². The molecule has 240 valence electrons. The van der Waals surface area contributed by atoms with Crippen LogP contribution in [-0.2, 0) is 28.9 Å². The van der Waals surface area contributed by atoms with E-state index in [2.05, 4.69) is 57.3 Å². The Morgan fingerprint density at radius 3 is 2.53 bits per heavy atom. The normalized spacial score (nSPS) is 11.9. The van der Waals surface area contributed by atoms with E-state index in [-0.39, 0.29) is 29.7 Å². The van der Waals surface area contributed by atoms with Crippen LogP contribution < -0.4 is 15.8 Å². The zero-order valence-electron chi connectivity index (χ0n) is 27.6. The van der Waals surface area contributed by atoms with Gasteiger partial charge in [0.05, 0.1) is 26.4 Å². The lowest BCUT2D eigenvalue weighted by atomic mass is 10.1. The van der Waals surface area contributed by atoms with E-state index in [1.165, 1.54) is 10.9 Å². The van der Waals surface area contributed by atoms with Crippen molar-refractivity contribution in [3.63, 3.8) is 0 Å². The van der Waals surface area contributed by atoms with Gasteiger partial charge in [-0.2, -0.15) is 4.98 Å². The second-order valence-corrected chi connectivity index (χ2v) is 17.4. The van der Waals surface area contributed by atoms with Crippen molar-refractivity contribution in [1.82, 2.24) is 24.3 Å². The summed E-state index contributed by atoms with van der Waals surface area (Å²) >= 11 is 0. The van der Waals surface area contributed by atoms with Crippen molar-refractivity contribution in [1.29, 1.82) is 0 Å². The predicted molar refractivity (Wildman–Crippen MR) is 184 cm³/mol. The molecular weight excluding hydrogens is 586 g/mol. The SMILES string of the molecule is C=CCn1c(=O)c2cnc(Nc3ccc(N(C)C)c(CO)c3)nc2n1-c1cc(CO[Si](C)(C)C(C)(C)C)cc(C(=C)OCC)n1. The van der Waals surface area contributed by atoms with E-state index in [0.29, 0.717) is 47.2 Å². The van der Waals surface area contributed by atoms with Crippen LogP contribution in [0.15, 0.2) is 60.6 Å². The third-order valence-electron chi connectivity index (χ3n) is 8.06. The van der Waals surface area contributed by atoms with Gasteiger partial charge >= 0.3 is 0 Å². The van der Waals surface area contributed by atoms with Gasteiger partial charge in [0, 0.05) is 37.2 Å². The quantitative estimate of drug-likeness (QED) is 0.104. The third kappa shape index (κ3) is 7.19. The third-order valence-corrected chi connectivity index (χ3v) is 12.5. The number of hydrogen-bond donors (Lipinski definition) is 2. The van der Waals surface area contributed by atoms with Crippen LogP contribution in [0.1, 0.15) is 44.5 Å². The monoisotopic (exact) mass is 631 g/mol. The summed E-state index contributed by atoms with van der Waals surface area (Å²) in [5.74, 6) is 1.16. The highest BCUT2D eigenvalue weighted by Crippen LogP contribution is 2.37. The van der Waals surface area contributed by atoms with E-state index in [1.54, 1.807) is 10.8 Å². The number of aromatic nitrogens is 5. The predicted octanol–water partition coefficient (Wildman–Crippen LogP) is 5.99. The Morgan fingerprint density at radius 1 is 1.18 bits per heavy atom. The fraction of sp³-hybridized carbons (Fsp3) is 0.394. The maximum absolute atomic E-state index is 13.6. The lowest BCUT2D eigenvalue weighted by molar-refractivity contribution is 0.275. The first-order valence-electron chi connectivity index (χ1n) is 15.0. The van der Waals surface area contributed by atoms with Crippen LogP contribution in [0, 0.1) is 0 Å². The first-order chi connectivity index (χ1) is 21.2. The number of nitrogens with zero attached hydrogens (tertiary/aromatic N) is 6. The number of aliphatic hydroxyl groups is 1. The van der Waals surface area contributed by atoms with Crippen molar-refractivity contribution in [3.05, 3.63) is 82.9 Å². The molecule has 0 bridgehead atoms. The average Bonchev–Trinajstić information content (AvgIpc) is 3.25. The van der Waals surface area contributed by atoms with Gasteiger partial charge in [-0.15, -0.1) is 6.58 Å². The average molecular weight is 632 g/mol. The van der Waals surface area contributed by atoms with E-state index in [4.69, 9.17) is 19.1 Å². The largest absolute Gasteiger partial charge is 0.492 e. The van der Waals surface area contributed by atoms with Gasteiger partial charge in [-0.1, -0.05) is 33.4 Å². The summed E-state index contributed by atoms with van der Waals surface area (Å²) in [5.41, 5.74) is 3.85. The van der Waals surface area contributed by atoms with Gasteiger partial charge in [0.1, 0.15) is 16.8 Å². The van der Waals surface area contributed by atoms with Crippen LogP contribution in [0.4, 0.5) is 17.3 Å². The minimum Gasteiger partial charge on any atom is -0.492 e. The Morgan fingerprint density at radius 2 is 1.91 bits per heavy atom. The van der Waals surface area contributed by atoms with Gasteiger partial charge in [-0.3, -0.25) is 4.79 Å². The number of pyridine rings is 1. The molecule has 0 radical (unpaired) electrons. The van der Waals surface area contributed by atoms with Crippen LogP contribution >= 0.6 is 0 Å². The van der Waals surface area contributed by atoms with Crippen molar-refractivity contribution >= 4 is 42.4 Å². The minimum absolute atomic E-state index is 0.0345. The number of rotatable bonds is 13. The molecule has 3 heterocycles. The molecule has 3 aromatic heterocycles. The van der Waals surface area contributed by atoms with E-state index in [0.717, 1.165) is 16.8 Å². The summed E-state index contributed by atoms with van der Waals surface area (Å²) in [5, 5.41) is 13.5. The maximum Gasteiger partial charge on any atom is 0.278 e. The fourth-order valence-corrected chi connectivity index (χ4v) is 5.56. The molecule has 45 heavy (non-hydrogen) atoms. The van der Waals surface area contributed by atoms with Gasteiger partial charge in [0.2, 0.25) is 5.95 Å². The Hall–Kier alpha value is -4.26. The van der Waals surface area contributed by atoms with Crippen molar-refractivity contribution in [3.8, 4) is 5.82 Å². The Balaban J connectivity index is 1.87. The van der Waals surface area contributed by atoms with E-state index in [1.807, 2.05) is 56.3 Å². The molecule has 0 atom stereocenters. The van der Waals surface area contributed by atoms with E-state index in [9.17, 15) is 9.90 Å². The van der Waals surface area contributed by atoms with Gasteiger partial charge in [-0.25, -0.2) is 19.3 Å². The Kier molecular flexibility index (Phi) is 10.0. The summed E-state index contributed by atoms with van der Waals surface area (Å²) in [6, 6.07) is 9.46. The zero-order chi connectivity index (χ0) is 33.1. The molecule has 0 spiro atoms. The van der Waals surface area contributed by atoms with Gasteiger partial charge < -0.3 is 24.5 Å². The molecule has 0 aliphatic carbocycles. The van der Waals surface area contributed by atoms with Crippen LogP contribution in [0.2, 0.25) is 18.1 Å². The van der Waals surface area contributed by atoms with Crippen LogP contribution in [0.3, 0.4) is 0 Å². The highest BCUT2D eigenvalue weighted by Gasteiger charge is 2.37. The number of aliphatic hydroxyl groups excluding tert-OH is 1. The molecule has 0 unspecified atom stereocenters. The molecule has 12 heteroatoms. The molecule has 0 aliphatic heterocycles. The summed E-state index contributed by atoms with van der Waals surface area (Å²) in [6.45, 7) is 21.8. The lowest BCUT2D eigenvalue weighted by Crippen LogP contribution is -2.40. The van der Waals surface area contributed by atoms with Gasteiger partial charge in [-0.05, 0) is 61.0 Å². The number of hydrogen-bond acceptors (Lipinski definition) is 9. The molecule has 0 aliphatic rings. The van der Waals surface area contributed by atoms with Crippen molar-refractivity contribution in [2.75, 3.05) is 30.9 Å². The van der Waals surface area contributed by atoms with E-state index < -0.39 is 8.32 Å². The first kappa shape index (κ1) is 33.6. The molecule has 4 aromatic rings. The standard InChI is InChI=1S/C33H45N7O4Si/c1-11-15-39-31(42)26-19-34-32(35-25-13-14-28(38(7)8)24(18-25)20-41)37-30(26)40(39)29-17-23(16-27(36-29)22(3)43-12-2)21-44-45(9,10)33(4,5)6/h11,13-14,16-19,41H,1,3,12,15,20-21H2,2,4-10H3,(H,34,35,37). The number of anilines is 3. The molecule has 0 fully saturated rings. The van der Waals surface area contributed by atoms with Crippen molar-refractivity contribution in [2.24, 2.45) is 0 Å². The summed E-state index contributed by atoms with van der Waals surface area (Å²) in [6.07, 6.45) is 3.16. The number of nitrogens with one attached hydrogen (secondary N) is 1. The number of ether oxygens (including phenoxy) is 1. The smallest absolute Gasteiger partial charge is 0.278 e. The zero-order valence-corrected chi connectivity index (χ0v) is 28.6. The van der Waals surface area contributed by atoms with Gasteiger partial charge in [0.25, 0.3) is 5.56 Å². The van der Waals surface area contributed by atoms with Crippen LogP contribution in [-0.4, -0.2) is 58.4 Å². The minimum atomic E-state index is -2.07. The molecule has 4 rings (SSSR count). The van der Waals surface area contributed by atoms with Crippen LogP contribution in [0.5, 0.6) is 0 Å². The van der Waals surface area contributed by atoms with Crippen LogP contribution in [0.25, 0.3) is 22.6 Å². The molecule has 2 N–H and O–H groups in total. The molecular formula is C33H45N7O4Si. The highest BCUT2D eigenvalue weighted by atomic mass is 28.4. The lowest BCUT2D eigenvalue weighted by Gasteiger charge is -2.36. The second-order valence-electron chi connectivity index (χ2n) is 12.6. The number of fused-ring (bicyclic) bond motifs is 1. The first-order valence-corrected chi connectivity index (χ1v) is 17.9. The highest BCUT2D eigenvalue weighted by molar-refractivity contribution is 6.74. The summed E-state index contributed by atoms with van der Waals surface area (Å²) in [4.78, 5) is 29.6. The number of allylic oxidation sites excluding steroid dienone is 1. The maximum atomic E-state index is 13.6. The van der Waals surface area contributed by atoms with E-state index >= 15 is 0 Å². The van der Waals surface area contributed by atoms with Crippen molar-refractivity contribution < 1.29 is 14.3 Å². The molecule has 0 amide bonds. The second kappa shape index (κ2) is 13.4. The number of benzene rings is 1. The fourth-order valence-electron chi connectivity index (χ4n) is 4.60. The topological polar surface area (TPSA) is 120 Å². The molecule has 1 aromatic carbocycles. The molecule has 11 nitrogen and oxygen atoms in total. The Bertz CT molecular complexity index is 1770. The van der Waals surface area contributed by atoms with Gasteiger partial charge in [0.15, 0.2) is 19.8 Å². The summed E-state index contributed by atoms with van der Waals surface area (Å²) < 4.78 is 15.5. The Labute approximate surface area is 266 Å².